The van der Waals surface area contributed by atoms with Gasteiger partial charge in [0.15, 0.2) is 4.21 Å². The van der Waals surface area contributed by atoms with Crippen molar-refractivity contribution in [1.82, 2.24) is 4.31 Å². The number of ether oxygens (including phenoxy) is 1. The predicted octanol–water partition coefficient (Wildman–Crippen LogP) is 2.40. The number of rotatable bonds is 3. The molecule has 0 atom stereocenters. The molecule has 1 aromatic heterocycles. The van der Waals surface area contributed by atoms with Gasteiger partial charge >= 0.3 is 0 Å². The number of methoxy groups -OCH3 is 1. The number of benzene rings is 1. The maximum Gasteiger partial charge on any atom is 0.256 e. The first-order chi connectivity index (χ1) is 10.5. The lowest BCUT2D eigenvalue weighted by Gasteiger charge is -2.20. The molecule has 0 amide bonds. The molecule has 0 saturated heterocycles. The lowest BCUT2D eigenvalue weighted by Crippen LogP contribution is -2.34. The Morgan fingerprint density at radius 3 is 2.73 bits per heavy atom. The van der Waals surface area contributed by atoms with Crippen molar-refractivity contribution >= 4 is 27.0 Å². The molecule has 2 aromatic rings. The Balaban J connectivity index is 1.99. The minimum Gasteiger partial charge on any atom is -0.494 e. The lowest BCUT2D eigenvalue weighted by atomic mass is 10.1. The average molecular weight is 338 g/mol. The van der Waals surface area contributed by atoms with E-state index in [9.17, 15) is 8.42 Å². The summed E-state index contributed by atoms with van der Waals surface area (Å²) in [4.78, 5) is 2.09. The Hall–Kier alpha value is -1.57. The summed E-state index contributed by atoms with van der Waals surface area (Å²) >= 11 is 1.20. The molecule has 0 fully saturated rings. The van der Waals surface area contributed by atoms with Crippen molar-refractivity contribution in [2.75, 3.05) is 32.1 Å². The summed E-state index contributed by atoms with van der Waals surface area (Å²) < 4.78 is 32.9. The normalized spacial score (nSPS) is 16.2. The first kappa shape index (κ1) is 15.3. The second-order valence-electron chi connectivity index (χ2n) is 5.17. The molecule has 22 heavy (non-hydrogen) atoms. The fraction of sp³-hybridized carbons (Fsp3) is 0.333. The van der Waals surface area contributed by atoms with Crippen LogP contribution in [0, 0.1) is 0 Å². The number of thiophene rings is 1. The molecule has 0 N–H and O–H groups in total. The number of sulfonamides is 1. The molecule has 0 spiro atoms. The molecular weight excluding hydrogens is 320 g/mol. The van der Waals surface area contributed by atoms with Crippen LogP contribution in [0.25, 0.3) is 0 Å². The molecule has 1 aliphatic rings. The van der Waals surface area contributed by atoms with E-state index in [0.29, 0.717) is 25.4 Å². The second kappa shape index (κ2) is 5.91. The van der Waals surface area contributed by atoms with Crippen molar-refractivity contribution in [1.29, 1.82) is 0 Å². The standard InChI is InChI=1S/C15H18N2O3S2/c1-16-8-9-17(11-12-5-3-4-6-13(12)16)22(18,19)15-14(20-2)7-10-21-15/h3-7,10H,8-9,11H2,1-2H3. The number of likely N-dealkylation sites (N-methyl/N-ethyl adjacent to an activating group) is 1. The maximum absolute atomic E-state index is 12.9. The van der Waals surface area contributed by atoms with Crippen molar-refractivity contribution < 1.29 is 13.2 Å². The van der Waals surface area contributed by atoms with Gasteiger partial charge in [-0.3, -0.25) is 0 Å². The Labute approximate surface area is 134 Å². The highest BCUT2D eigenvalue weighted by atomic mass is 32.2. The minimum absolute atomic E-state index is 0.275. The van der Waals surface area contributed by atoms with Gasteiger partial charge in [0.05, 0.1) is 7.11 Å². The van der Waals surface area contributed by atoms with E-state index in [1.807, 2.05) is 31.3 Å². The van der Waals surface area contributed by atoms with Gasteiger partial charge < -0.3 is 9.64 Å². The SMILES string of the molecule is COc1ccsc1S(=O)(=O)N1CCN(C)c2ccccc2C1. The van der Waals surface area contributed by atoms with Gasteiger partial charge in [0.25, 0.3) is 10.0 Å². The minimum atomic E-state index is -3.55. The fourth-order valence-electron chi connectivity index (χ4n) is 2.61. The van der Waals surface area contributed by atoms with Gasteiger partial charge in [-0.25, -0.2) is 8.42 Å². The Kier molecular flexibility index (Phi) is 4.12. The Morgan fingerprint density at radius 1 is 1.18 bits per heavy atom. The molecule has 0 bridgehead atoms. The number of anilines is 1. The third kappa shape index (κ3) is 2.60. The molecule has 1 aliphatic heterocycles. The van der Waals surface area contributed by atoms with Crippen molar-refractivity contribution in [2.45, 2.75) is 10.8 Å². The van der Waals surface area contributed by atoms with Crippen LogP contribution in [-0.4, -0.2) is 40.0 Å². The summed E-state index contributed by atoms with van der Waals surface area (Å²) in [6.07, 6.45) is 0. The molecule has 0 aliphatic carbocycles. The van der Waals surface area contributed by atoms with E-state index in [-0.39, 0.29) is 4.21 Å². The van der Waals surface area contributed by atoms with Crippen molar-refractivity contribution in [2.24, 2.45) is 0 Å². The highest BCUT2D eigenvalue weighted by molar-refractivity contribution is 7.91. The number of hydrogen-bond acceptors (Lipinski definition) is 5. The van der Waals surface area contributed by atoms with Gasteiger partial charge in [-0.1, -0.05) is 18.2 Å². The van der Waals surface area contributed by atoms with E-state index in [1.54, 1.807) is 11.4 Å². The maximum atomic E-state index is 12.9. The Bertz CT molecular complexity index is 771. The van der Waals surface area contributed by atoms with E-state index in [2.05, 4.69) is 4.90 Å². The average Bonchev–Trinajstić information content (AvgIpc) is 2.94. The zero-order valence-electron chi connectivity index (χ0n) is 12.5. The predicted molar refractivity (Wildman–Crippen MR) is 88.2 cm³/mol. The summed E-state index contributed by atoms with van der Waals surface area (Å²) in [5, 5.41) is 1.74. The topological polar surface area (TPSA) is 49.9 Å². The van der Waals surface area contributed by atoms with Gasteiger partial charge in [0, 0.05) is 32.4 Å². The van der Waals surface area contributed by atoms with Gasteiger partial charge in [0.2, 0.25) is 0 Å². The van der Waals surface area contributed by atoms with E-state index < -0.39 is 10.0 Å². The molecule has 0 radical (unpaired) electrons. The van der Waals surface area contributed by atoms with Crippen LogP contribution in [0.3, 0.4) is 0 Å². The van der Waals surface area contributed by atoms with E-state index in [0.717, 1.165) is 11.3 Å². The molecule has 7 heteroatoms. The molecule has 1 aromatic carbocycles. The van der Waals surface area contributed by atoms with Gasteiger partial charge in [-0.2, -0.15) is 4.31 Å². The molecule has 3 rings (SSSR count). The monoisotopic (exact) mass is 338 g/mol. The van der Waals surface area contributed by atoms with Crippen LogP contribution in [0.2, 0.25) is 0 Å². The van der Waals surface area contributed by atoms with Crippen LogP contribution < -0.4 is 9.64 Å². The summed E-state index contributed by atoms with van der Waals surface area (Å²) in [6, 6.07) is 9.61. The van der Waals surface area contributed by atoms with Crippen LogP contribution in [-0.2, 0) is 16.6 Å². The van der Waals surface area contributed by atoms with Gasteiger partial charge in [0.1, 0.15) is 5.75 Å². The molecule has 2 heterocycles. The number of para-hydroxylation sites is 1. The van der Waals surface area contributed by atoms with E-state index in [4.69, 9.17) is 4.74 Å². The zero-order valence-corrected chi connectivity index (χ0v) is 14.2. The van der Waals surface area contributed by atoms with Crippen molar-refractivity contribution in [3.05, 3.63) is 41.3 Å². The highest BCUT2D eigenvalue weighted by Crippen LogP contribution is 2.34. The summed E-state index contributed by atoms with van der Waals surface area (Å²) in [5.74, 6) is 0.413. The third-order valence-electron chi connectivity index (χ3n) is 3.82. The molecular formula is C15H18N2O3S2. The lowest BCUT2D eigenvalue weighted by molar-refractivity contribution is 0.395. The highest BCUT2D eigenvalue weighted by Gasteiger charge is 2.31. The fourth-order valence-corrected chi connectivity index (χ4v) is 5.44. The Morgan fingerprint density at radius 2 is 1.95 bits per heavy atom. The smallest absolute Gasteiger partial charge is 0.256 e. The van der Waals surface area contributed by atoms with Crippen LogP contribution in [0.15, 0.2) is 39.9 Å². The number of fused-ring (bicyclic) bond motifs is 1. The van der Waals surface area contributed by atoms with Crippen LogP contribution in [0.4, 0.5) is 5.69 Å². The quantitative estimate of drug-likeness (QED) is 0.862. The summed E-state index contributed by atoms with van der Waals surface area (Å²) in [5.41, 5.74) is 2.10. The summed E-state index contributed by atoms with van der Waals surface area (Å²) in [7, 11) is -0.0713. The first-order valence-electron chi connectivity index (χ1n) is 6.94. The third-order valence-corrected chi connectivity index (χ3v) is 7.09. The first-order valence-corrected chi connectivity index (χ1v) is 9.26. The van der Waals surface area contributed by atoms with Gasteiger partial charge in [-0.15, -0.1) is 11.3 Å². The van der Waals surface area contributed by atoms with E-state index >= 15 is 0 Å². The van der Waals surface area contributed by atoms with Gasteiger partial charge in [-0.05, 0) is 23.1 Å². The van der Waals surface area contributed by atoms with Crippen LogP contribution in [0.5, 0.6) is 5.75 Å². The number of nitrogens with zero attached hydrogens (tertiary/aromatic N) is 2. The largest absolute Gasteiger partial charge is 0.494 e. The molecule has 0 unspecified atom stereocenters. The second-order valence-corrected chi connectivity index (χ2v) is 8.21. The van der Waals surface area contributed by atoms with Crippen molar-refractivity contribution in [3.8, 4) is 5.75 Å². The van der Waals surface area contributed by atoms with Crippen molar-refractivity contribution in [3.63, 3.8) is 0 Å². The molecule has 5 nitrogen and oxygen atoms in total. The molecule has 118 valence electrons. The van der Waals surface area contributed by atoms with Crippen LogP contribution >= 0.6 is 11.3 Å². The van der Waals surface area contributed by atoms with Crippen LogP contribution in [0.1, 0.15) is 5.56 Å². The number of hydrogen-bond donors (Lipinski definition) is 0. The molecule has 0 saturated carbocycles. The summed E-state index contributed by atoms with van der Waals surface area (Å²) in [6.45, 7) is 1.49. The zero-order chi connectivity index (χ0) is 15.7. The van der Waals surface area contributed by atoms with E-state index in [1.165, 1.54) is 22.8 Å².